The second-order valence-electron chi connectivity index (χ2n) is 6.00. The Morgan fingerprint density at radius 2 is 1.45 bits per heavy atom. The maximum Gasteiger partial charge on any atom is 0.319 e. The molecule has 1 aromatic rings. The van der Waals surface area contributed by atoms with Crippen molar-refractivity contribution >= 4 is 6.03 Å². The van der Waals surface area contributed by atoms with Crippen LogP contribution in [-0.2, 0) is 0 Å². The van der Waals surface area contributed by atoms with Crippen molar-refractivity contribution in [3.05, 3.63) is 35.9 Å². The van der Waals surface area contributed by atoms with Gasteiger partial charge in [0.25, 0.3) is 0 Å². The Bertz CT molecular complexity index is 432. The number of carbonyl (C=O) groups is 1. The standard InChI is InChI=1S/C17H24N2O/c20-17(18-11-5-2-6-12-18)19-13-9-16(10-14-19)15-7-3-1-4-8-15/h1,3-4,7-8,16H,2,5-6,9-14H2. The van der Waals surface area contributed by atoms with Crippen LogP contribution in [0, 0.1) is 0 Å². The number of rotatable bonds is 1. The summed E-state index contributed by atoms with van der Waals surface area (Å²) < 4.78 is 0. The highest BCUT2D eigenvalue weighted by molar-refractivity contribution is 5.74. The van der Waals surface area contributed by atoms with E-state index in [1.165, 1.54) is 24.8 Å². The fourth-order valence-corrected chi connectivity index (χ4v) is 3.41. The highest BCUT2D eigenvalue weighted by Crippen LogP contribution is 2.28. The van der Waals surface area contributed by atoms with E-state index in [4.69, 9.17) is 0 Å². The number of hydrogen-bond donors (Lipinski definition) is 0. The molecule has 0 aromatic heterocycles. The molecule has 2 fully saturated rings. The normalized spacial score (nSPS) is 21.0. The van der Waals surface area contributed by atoms with Crippen LogP contribution in [0.4, 0.5) is 4.79 Å². The number of benzene rings is 1. The van der Waals surface area contributed by atoms with Crippen molar-refractivity contribution in [2.75, 3.05) is 26.2 Å². The third-order valence-electron chi connectivity index (χ3n) is 4.66. The van der Waals surface area contributed by atoms with Crippen molar-refractivity contribution in [1.29, 1.82) is 0 Å². The number of urea groups is 1. The maximum absolute atomic E-state index is 12.4. The molecule has 2 heterocycles. The van der Waals surface area contributed by atoms with Gasteiger partial charge in [-0.15, -0.1) is 0 Å². The van der Waals surface area contributed by atoms with Gasteiger partial charge in [-0.2, -0.15) is 0 Å². The van der Waals surface area contributed by atoms with E-state index >= 15 is 0 Å². The van der Waals surface area contributed by atoms with Gasteiger partial charge in [-0.3, -0.25) is 0 Å². The first-order chi connectivity index (χ1) is 9.84. The Labute approximate surface area is 121 Å². The first-order valence-electron chi connectivity index (χ1n) is 7.93. The molecule has 0 bridgehead atoms. The Hall–Kier alpha value is -1.51. The lowest BCUT2D eigenvalue weighted by Crippen LogP contribution is -2.48. The summed E-state index contributed by atoms with van der Waals surface area (Å²) in [5.74, 6) is 0.626. The molecule has 0 aliphatic carbocycles. The van der Waals surface area contributed by atoms with Crippen molar-refractivity contribution in [3.63, 3.8) is 0 Å². The summed E-state index contributed by atoms with van der Waals surface area (Å²) in [6.07, 6.45) is 5.82. The van der Waals surface area contributed by atoms with Crippen molar-refractivity contribution in [2.45, 2.75) is 38.0 Å². The summed E-state index contributed by atoms with van der Waals surface area (Å²) in [6, 6.07) is 11.0. The number of piperidine rings is 2. The molecular weight excluding hydrogens is 248 g/mol. The van der Waals surface area contributed by atoms with E-state index in [0.717, 1.165) is 39.0 Å². The summed E-state index contributed by atoms with van der Waals surface area (Å²) in [6.45, 7) is 3.73. The molecule has 108 valence electrons. The summed E-state index contributed by atoms with van der Waals surface area (Å²) in [5.41, 5.74) is 1.43. The molecule has 2 aliphatic rings. The topological polar surface area (TPSA) is 23.6 Å². The van der Waals surface area contributed by atoms with Crippen LogP contribution >= 0.6 is 0 Å². The van der Waals surface area contributed by atoms with Gasteiger partial charge < -0.3 is 9.80 Å². The lowest BCUT2D eigenvalue weighted by Gasteiger charge is -2.37. The van der Waals surface area contributed by atoms with Crippen LogP contribution in [0.25, 0.3) is 0 Å². The fourth-order valence-electron chi connectivity index (χ4n) is 3.41. The molecule has 3 heteroatoms. The number of likely N-dealkylation sites (tertiary alicyclic amines) is 2. The Morgan fingerprint density at radius 3 is 2.10 bits per heavy atom. The van der Waals surface area contributed by atoms with E-state index in [1.54, 1.807) is 0 Å². The third kappa shape index (κ3) is 2.97. The van der Waals surface area contributed by atoms with E-state index < -0.39 is 0 Å². The third-order valence-corrected chi connectivity index (χ3v) is 4.66. The number of nitrogens with zero attached hydrogens (tertiary/aromatic N) is 2. The summed E-state index contributed by atoms with van der Waals surface area (Å²) in [4.78, 5) is 16.6. The highest BCUT2D eigenvalue weighted by atomic mass is 16.2. The van der Waals surface area contributed by atoms with Crippen LogP contribution in [0.3, 0.4) is 0 Å². The molecule has 20 heavy (non-hydrogen) atoms. The van der Waals surface area contributed by atoms with Gasteiger partial charge in [-0.1, -0.05) is 30.3 Å². The molecule has 0 saturated carbocycles. The zero-order valence-corrected chi connectivity index (χ0v) is 12.1. The molecule has 2 saturated heterocycles. The van der Waals surface area contributed by atoms with Gasteiger partial charge in [0.2, 0.25) is 0 Å². The Kier molecular flexibility index (Phi) is 4.24. The van der Waals surface area contributed by atoms with Crippen LogP contribution in [0.15, 0.2) is 30.3 Å². The molecule has 3 nitrogen and oxygen atoms in total. The monoisotopic (exact) mass is 272 g/mol. The second-order valence-corrected chi connectivity index (χ2v) is 6.00. The highest BCUT2D eigenvalue weighted by Gasteiger charge is 2.27. The summed E-state index contributed by atoms with van der Waals surface area (Å²) in [7, 11) is 0. The molecular formula is C17H24N2O. The van der Waals surface area contributed by atoms with Crippen molar-refractivity contribution in [3.8, 4) is 0 Å². The van der Waals surface area contributed by atoms with Gasteiger partial charge in [0.05, 0.1) is 0 Å². The number of amides is 2. The van der Waals surface area contributed by atoms with Crippen LogP contribution in [0.5, 0.6) is 0 Å². The Balaban J connectivity index is 1.54. The van der Waals surface area contributed by atoms with Crippen molar-refractivity contribution in [1.82, 2.24) is 9.80 Å². The predicted octanol–water partition coefficient (Wildman–Crippen LogP) is 3.47. The minimum absolute atomic E-state index is 0.274. The van der Waals surface area contributed by atoms with Crippen LogP contribution in [0.2, 0.25) is 0 Å². The van der Waals surface area contributed by atoms with Gasteiger partial charge in [0.1, 0.15) is 0 Å². The van der Waals surface area contributed by atoms with E-state index in [0.29, 0.717) is 5.92 Å². The molecule has 1 aromatic carbocycles. The average molecular weight is 272 g/mol. The maximum atomic E-state index is 12.4. The lowest BCUT2D eigenvalue weighted by atomic mass is 9.89. The molecule has 2 amide bonds. The van der Waals surface area contributed by atoms with Gasteiger partial charge in [0, 0.05) is 26.2 Å². The number of carbonyl (C=O) groups excluding carboxylic acids is 1. The molecule has 3 rings (SSSR count). The van der Waals surface area contributed by atoms with Crippen molar-refractivity contribution < 1.29 is 4.79 Å². The molecule has 0 N–H and O–H groups in total. The second kappa shape index (κ2) is 6.29. The average Bonchev–Trinajstić information content (AvgIpc) is 2.56. The predicted molar refractivity (Wildman–Crippen MR) is 80.8 cm³/mol. The lowest BCUT2D eigenvalue weighted by molar-refractivity contribution is 0.132. The largest absolute Gasteiger partial charge is 0.325 e. The quantitative estimate of drug-likeness (QED) is 0.768. The molecule has 0 spiro atoms. The minimum Gasteiger partial charge on any atom is -0.325 e. The molecule has 0 radical (unpaired) electrons. The molecule has 0 unspecified atom stereocenters. The van der Waals surface area contributed by atoms with Crippen LogP contribution in [0.1, 0.15) is 43.6 Å². The van der Waals surface area contributed by atoms with E-state index in [1.807, 2.05) is 4.90 Å². The van der Waals surface area contributed by atoms with Crippen LogP contribution < -0.4 is 0 Å². The molecule has 2 aliphatic heterocycles. The zero-order valence-electron chi connectivity index (χ0n) is 12.1. The first kappa shape index (κ1) is 13.5. The SMILES string of the molecule is O=C(N1CCCCC1)N1CCC(c2ccccc2)CC1. The number of hydrogen-bond acceptors (Lipinski definition) is 1. The van der Waals surface area contributed by atoms with E-state index in [2.05, 4.69) is 35.2 Å². The van der Waals surface area contributed by atoms with Gasteiger partial charge in [-0.05, 0) is 43.6 Å². The smallest absolute Gasteiger partial charge is 0.319 e. The van der Waals surface area contributed by atoms with Gasteiger partial charge >= 0.3 is 6.03 Å². The van der Waals surface area contributed by atoms with Crippen LogP contribution in [-0.4, -0.2) is 42.0 Å². The summed E-state index contributed by atoms with van der Waals surface area (Å²) >= 11 is 0. The first-order valence-corrected chi connectivity index (χ1v) is 7.93. The van der Waals surface area contributed by atoms with E-state index in [9.17, 15) is 4.79 Å². The Morgan fingerprint density at radius 1 is 0.850 bits per heavy atom. The van der Waals surface area contributed by atoms with E-state index in [-0.39, 0.29) is 6.03 Å². The zero-order chi connectivity index (χ0) is 13.8. The minimum atomic E-state index is 0.274. The summed E-state index contributed by atoms with van der Waals surface area (Å²) in [5, 5.41) is 0. The molecule has 0 atom stereocenters. The van der Waals surface area contributed by atoms with Crippen molar-refractivity contribution in [2.24, 2.45) is 0 Å². The fraction of sp³-hybridized carbons (Fsp3) is 0.588. The van der Waals surface area contributed by atoms with Gasteiger partial charge in [0.15, 0.2) is 0 Å². The van der Waals surface area contributed by atoms with Gasteiger partial charge in [-0.25, -0.2) is 4.79 Å².